The second-order valence-corrected chi connectivity index (χ2v) is 6.25. The van der Waals surface area contributed by atoms with Gasteiger partial charge in [-0.25, -0.2) is 0 Å². The Morgan fingerprint density at radius 2 is 2.19 bits per heavy atom. The molecule has 1 saturated heterocycles. The lowest BCUT2D eigenvalue weighted by Crippen LogP contribution is -2.32. The first-order valence-electron chi connectivity index (χ1n) is 6.43. The second-order valence-electron chi connectivity index (χ2n) is 5.02. The molecular weight excluding hydrogens is 218 g/mol. The summed E-state index contributed by atoms with van der Waals surface area (Å²) in [6.07, 6.45) is 2.76. The van der Waals surface area contributed by atoms with E-state index in [0.29, 0.717) is 5.25 Å². The number of likely N-dealkylation sites (tertiary alicyclic amines) is 1. The molecule has 2 aliphatic heterocycles. The van der Waals surface area contributed by atoms with Crippen molar-refractivity contribution < 1.29 is 0 Å². The number of hydrogen-bond acceptors (Lipinski definition) is 4. The minimum atomic E-state index is 0.689. The van der Waals surface area contributed by atoms with Crippen LogP contribution in [0.1, 0.15) is 26.7 Å². The van der Waals surface area contributed by atoms with Gasteiger partial charge in [0.2, 0.25) is 0 Å². The van der Waals surface area contributed by atoms with Crippen LogP contribution in [0, 0.1) is 5.92 Å². The van der Waals surface area contributed by atoms with Crippen molar-refractivity contribution in [2.24, 2.45) is 10.9 Å². The minimum absolute atomic E-state index is 0.689. The summed E-state index contributed by atoms with van der Waals surface area (Å²) in [6.45, 7) is 10.4. The molecule has 92 valence electrons. The highest BCUT2D eigenvalue weighted by Gasteiger charge is 2.22. The lowest BCUT2D eigenvalue weighted by Gasteiger charge is -2.16. The number of nitrogens with one attached hydrogen (secondary N) is 1. The first-order chi connectivity index (χ1) is 7.75. The van der Waals surface area contributed by atoms with E-state index in [9.17, 15) is 0 Å². The number of aliphatic imine (C=N–C) groups is 1. The maximum absolute atomic E-state index is 4.55. The van der Waals surface area contributed by atoms with Gasteiger partial charge in [0.1, 0.15) is 0 Å². The molecule has 0 aromatic heterocycles. The third kappa shape index (κ3) is 3.39. The minimum Gasteiger partial charge on any atom is -0.364 e. The molecule has 1 unspecified atom stereocenters. The third-order valence-electron chi connectivity index (χ3n) is 3.32. The molecule has 1 fully saturated rings. The van der Waals surface area contributed by atoms with Crippen LogP contribution in [0.2, 0.25) is 0 Å². The van der Waals surface area contributed by atoms with Gasteiger partial charge in [-0.2, -0.15) is 0 Å². The van der Waals surface area contributed by atoms with Crippen molar-refractivity contribution in [2.45, 2.75) is 31.9 Å². The highest BCUT2D eigenvalue weighted by atomic mass is 32.2. The van der Waals surface area contributed by atoms with Crippen molar-refractivity contribution in [2.75, 3.05) is 32.7 Å². The number of hydrogen-bond donors (Lipinski definition) is 1. The Hall–Kier alpha value is -0.220. The summed E-state index contributed by atoms with van der Waals surface area (Å²) < 4.78 is 0. The van der Waals surface area contributed by atoms with E-state index in [1.807, 2.05) is 11.8 Å². The Morgan fingerprint density at radius 1 is 1.44 bits per heavy atom. The molecule has 0 aliphatic carbocycles. The van der Waals surface area contributed by atoms with Crippen LogP contribution in [-0.2, 0) is 0 Å². The van der Waals surface area contributed by atoms with E-state index in [1.54, 1.807) is 0 Å². The average molecular weight is 241 g/mol. The molecule has 16 heavy (non-hydrogen) atoms. The first-order valence-corrected chi connectivity index (χ1v) is 7.31. The van der Waals surface area contributed by atoms with Gasteiger partial charge in [0.05, 0.1) is 6.54 Å². The van der Waals surface area contributed by atoms with Crippen molar-refractivity contribution in [3.63, 3.8) is 0 Å². The van der Waals surface area contributed by atoms with Gasteiger partial charge in [-0.3, -0.25) is 4.99 Å². The lowest BCUT2D eigenvalue weighted by atomic mass is 10.1. The van der Waals surface area contributed by atoms with Crippen LogP contribution in [0.5, 0.6) is 0 Å². The third-order valence-corrected chi connectivity index (χ3v) is 4.82. The van der Waals surface area contributed by atoms with Crippen LogP contribution >= 0.6 is 11.8 Å². The van der Waals surface area contributed by atoms with Crippen molar-refractivity contribution >= 4 is 16.9 Å². The van der Waals surface area contributed by atoms with E-state index >= 15 is 0 Å². The Balaban J connectivity index is 1.60. The summed E-state index contributed by atoms with van der Waals surface area (Å²) in [5.74, 6) is 0.728. The molecule has 3 nitrogen and oxygen atoms in total. The maximum atomic E-state index is 4.55. The van der Waals surface area contributed by atoms with Gasteiger partial charge in [-0.05, 0) is 31.8 Å². The van der Waals surface area contributed by atoms with E-state index < -0.39 is 0 Å². The number of thioether (sulfide) groups is 1. The number of amidine groups is 1. The van der Waals surface area contributed by atoms with Crippen LogP contribution in [0.15, 0.2) is 4.99 Å². The molecule has 0 aromatic carbocycles. The van der Waals surface area contributed by atoms with Crippen LogP contribution in [0.4, 0.5) is 0 Å². The van der Waals surface area contributed by atoms with Gasteiger partial charge in [0.25, 0.3) is 0 Å². The van der Waals surface area contributed by atoms with Crippen molar-refractivity contribution in [3.05, 3.63) is 0 Å². The van der Waals surface area contributed by atoms with Gasteiger partial charge in [0, 0.05) is 18.3 Å². The first kappa shape index (κ1) is 12.2. The van der Waals surface area contributed by atoms with Gasteiger partial charge in [0.15, 0.2) is 5.17 Å². The fourth-order valence-electron chi connectivity index (χ4n) is 2.16. The molecular formula is C12H23N3S. The second kappa shape index (κ2) is 5.92. The van der Waals surface area contributed by atoms with Crippen LogP contribution < -0.4 is 5.32 Å². The lowest BCUT2D eigenvalue weighted by molar-refractivity contribution is 0.344. The van der Waals surface area contributed by atoms with Crippen molar-refractivity contribution in [1.82, 2.24) is 10.2 Å². The Bertz CT molecular complexity index is 247. The zero-order valence-electron chi connectivity index (χ0n) is 10.4. The smallest absolute Gasteiger partial charge is 0.156 e. The molecule has 0 amide bonds. The molecule has 0 bridgehead atoms. The summed E-state index contributed by atoms with van der Waals surface area (Å²) >= 11 is 1.92. The Labute approximate surface area is 103 Å². The molecule has 0 saturated carbocycles. The van der Waals surface area contributed by atoms with Gasteiger partial charge in [-0.1, -0.05) is 25.6 Å². The molecule has 1 atom stereocenters. The van der Waals surface area contributed by atoms with Gasteiger partial charge >= 0.3 is 0 Å². The normalized spacial score (nSPS) is 26.4. The summed E-state index contributed by atoms with van der Waals surface area (Å²) in [4.78, 5) is 7.09. The molecule has 0 aromatic rings. The number of rotatable bonds is 4. The summed E-state index contributed by atoms with van der Waals surface area (Å²) in [6, 6.07) is 0. The zero-order valence-corrected chi connectivity index (χ0v) is 11.2. The predicted octanol–water partition coefficient (Wildman–Crippen LogP) is 1.80. The monoisotopic (exact) mass is 241 g/mol. The summed E-state index contributed by atoms with van der Waals surface area (Å²) in [5, 5.41) is 5.32. The van der Waals surface area contributed by atoms with Crippen molar-refractivity contribution in [1.29, 1.82) is 0 Å². The van der Waals surface area contributed by atoms with E-state index in [-0.39, 0.29) is 0 Å². The molecule has 1 N–H and O–H groups in total. The number of nitrogens with zero attached hydrogens (tertiary/aromatic N) is 2. The summed E-state index contributed by atoms with van der Waals surface area (Å²) in [7, 11) is 0. The standard InChI is InChI=1S/C12H23N3S/c1-10(2)11-9-14-12(16-11)13-5-8-15-6-3-4-7-15/h10-11H,3-9H2,1-2H3,(H,13,14). The van der Waals surface area contributed by atoms with Crippen LogP contribution in [0.25, 0.3) is 0 Å². The van der Waals surface area contributed by atoms with Crippen LogP contribution in [-0.4, -0.2) is 48.0 Å². The summed E-state index contributed by atoms with van der Waals surface area (Å²) in [5.41, 5.74) is 0. The van der Waals surface area contributed by atoms with Crippen LogP contribution in [0.3, 0.4) is 0 Å². The van der Waals surface area contributed by atoms with E-state index in [4.69, 9.17) is 0 Å². The van der Waals surface area contributed by atoms with E-state index in [2.05, 4.69) is 29.1 Å². The molecule has 2 heterocycles. The average Bonchev–Trinajstić information content (AvgIpc) is 2.87. The van der Waals surface area contributed by atoms with E-state index in [0.717, 1.165) is 24.2 Å². The Morgan fingerprint density at radius 3 is 2.81 bits per heavy atom. The molecule has 2 rings (SSSR count). The van der Waals surface area contributed by atoms with Crippen molar-refractivity contribution in [3.8, 4) is 0 Å². The largest absolute Gasteiger partial charge is 0.364 e. The molecule has 2 aliphatic rings. The highest BCUT2D eigenvalue weighted by molar-refractivity contribution is 8.14. The predicted molar refractivity (Wildman–Crippen MR) is 72.2 cm³/mol. The fourth-order valence-corrected chi connectivity index (χ4v) is 3.20. The molecule has 4 heteroatoms. The van der Waals surface area contributed by atoms with E-state index in [1.165, 1.54) is 32.5 Å². The SMILES string of the molecule is CC(C)C1CN=C(NCCN2CCCC2)S1. The zero-order chi connectivity index (χ0) is 11.4. The van der Waals surface area contributed by atoms with Gasteiger partial charge < -0.3 is 10.2 Å². The maximum Gasteiger partial charge on any atom is 0.156 e. The molecule has 0 radical (unpaired) electrons. The molecule has 0 spiro atoms. The Kier molecular flexibility index (Phi) is 4.53. The topological polar surface area (TPSA) is 27.6 Å². The fraction of sp³-hybridized carbons (Fsp3) is 0.917. The quantitative estimate of drug-likeness (QED) is 0.813. The highest BCUT2D eigenvalue weighted by Crippen LogP contribution is 2.25. The van der Waals surface area contributed by atoms with Gasteiger partial charge in [-0.15, -0.1) is 0 Å².